The molecule has 0 saturated heterocycles. The van der Waals surface area contributed by atoms with Crippen molar-refractivity contribution < 1.29 is 22.1 Å². The van der Waals surface area contributed by atoms with Gasteiger partial charge in [0, 0.05) is 10.9 Å². The highest BCUT2D eigenvalue weighted by atomic mass is 19.4. The standard InChI is InChI=1S/C21H18F3N3O2/c1-13(18-11-15-5-3-4-6-17(15)28-18)27(2)12-19-25-20(26-29-19)14-7-9-16(10-8-14)21(22,23)24/h3-11,13H,12H2,1-2H3/t13-/m1/s1. The maximum Gasteiger partial charge on any atom is 0.416 e. The molecule has 0 aliphatic rings. The molecule has 0 unspecified atom stereocenters. The number of alkyl halides is 3. The topological polar surface area (TPSA) is 55.3 Å². The molecule has 2 aromatic heterocycles. The predicted octanol–water partition coefficient (Wildman–Crippen LogP) is 5.69. The lowest BCUT2D eigenvalue weighted by Crippen LogP contribution is -2.21. The highest BCUT2D eigenvalue weighted by Gasteiger charge is 2.30. The van der Waals surface area contributed by atoms with Crippen LogP contribution in [0.3, 0.4) is 0 Å². The molecule has 0 aliphatic heterocycles. The van der Waals surface area contributed by atoms with Crippen molar-refractivity contribution in [1.82, 2.24) is 15.0 Å². The maximum atomic E-state index is 12.7. The second-order valence-corrected chi connectivity index (χ2v) is 6.86. The van der Waals surface area contributed by atoms with E-state index in [-0.39, 0.29) is 11.9 Å². The summed E-state index contributed by atoms with van der Waals surface area (Å²) in [4.78, 5) is 6.29. The summed E-state index contributed by atoms with van der Waals surface area (Å²) in [5, 5.41) is 4.91. The van der Waals surface area contributed by atoms with E-state index >= 15 is 0 Å². The number of hydrogen-bond donors (Lipinski definition) is 0. The zero-order chi connectivity index (χ0) is 20.6. The van der Waals surface area contributed by atoms with Gasteiger partial charge in [0.05, 0.1) is 18.2 Å². The fourth-order valence-electron chi connectivity index (χ4n) is 3.02. The molecule has 2 heterocycles. The molecule has 2 aromatic carbocycles. The number of hydrogen-bond acceptors (Lipinski definition) is 5. The summed E-state index contributed by atoms with van der Waals surface area (Å²) < 4.78 is 49.2. The summed E-state index contributed by atoms with van der Waals surface area (Å²) in [6, 6.07) is 14.4. The number of halogens is 3. The van der Waals surface area contributed by atoms with E-state index < -0.39 is 11.7 Å². The first-order chi connectivity index (χ1) is 13.8. The average Bonchev–Trinajstić information content (AvgIpc) is 3.33. The third kappa shape index (κ3) is 4.02. The number of aromatic nitrogens is 2. The lowest BCUT2D eigenvalue weighted by Gasteiger charge is -2.20. The van der Waals surface area contributed by atoms with E-state index in [0.29, 0.717) is 18.0 Å². The van der Waals surface area contributed by atoms with Crippen molar-refractivity contribution in [3.63, 3.8) is 0 Å². The molecule has 0 spiro atoms. The number of rotatable bonds is 5. The van der Waals surface area contributed by atoms with Crippen LogP contribution in [0.4, 0.5) is 13.2 Å². The summed E-state index contributed by atoms with van der Waals surface area (Å²) in [6.45, 7) is 2.37. The minimum absolute atomic E-state index is 0.0381. The number of nitrogens with zero attached hydrogens (tertiary/aromatic N) is 3. The molecule has 0 saturated carbocycles. The van der Waals surface area contributed by atoms with Gasteiger partial charge in [-0.05, 0) is 38.2 Å². The Morgan fingerprint density at radius 1 is 1.07 bits per heavy atom. The van der Waals surface area contributed by atoms with Gasteiger partial charge in [-0.1, -0.05) is 35.5 Å². The molecule has 0 N–H and O–H groups in total. The highest BCUT2D eigenvalue weighted by molar-refractivity contribution is 5.77. The monoisotopic (exact) mass is 401 g/mol. The largest absolute Gasteiger partial charge is 0.459 e. The molecule has 0 aliphatic carbocycles. The van der Waals surface area contributed by atoms with Crippen molar-refractivity contribution in [2.75, 3.05) is 7.05 Å². The lowest BCUT2D eigenvalue weighted by atomic mass is 10.1. The summed E-state index contributed by atoms with van der Waals surface area (Å²) in [7, 11) is 1.90. The van der Waals surface area contributed by atoms with Gasteiger partial charge < -0.3 is 8.94 Å². The summed E-state index contributed by atoms with van der Waals surface area (Å²) in [5.74, 6) is 1.43. The van der Waals surface area contributed by atoms with Crippen LogP contribution in [-0.4, -0.2) is 22.1 Å². The van der Waals surface area contributed by atoms with Crippen LogP contribution >= 0.6 is 0 Å². The van der Waals surface area contributed by atoms with Gasteiger partial charge in [-0.25, -0.2) is 0 Å². The van der Waals surface area contributed by atoms with Crippen molar-refractivity contribution in [3.05, 3.63) is 71.8 Å². The predicted molar refractivity (Wildman–Crippen MR) is 101 cm³/mol. The Balaban J connectivity index is 1.46. The van der Waals surface area contributed by atoms with Crippen LogP contribution in [0, 0.1) is 0 Å². The third-order valence-corrected chi connectivity index (χ3v) is 4.84. The van der Waals surface area contributed by atoms with Crippen molar-refractivity contribution in [2.24, 2.45) is 0 Å². The van der Waals surface area contributed by atoms with Gasteiger partial charge in [0.1, 0.15) is 11.3 Å². The molecule has 4 rings (SSSR count). The van der Waals surface area contributed by atoms with Gasteiger partial charge in [0.2, 0.25) is 11.7 Å². The second kappa shape index (κ2) is 7.36. The van der Waals surface area contributed by atoms with Gasteiger partial charge in [-0.3, -0.25) is 4.90 Å². The van der Waals surface area contributed by atoms with Crippen LogP contribution in [0.15, 0.2) is 63.5 Å². The number of fused-ring (bicyclic) bond motifs is 1. The highest BCUT2D eigenvalue weighted by Crippen LogP contribution is 2.31. The minimum atomic E-state index is -4.38. The number of benzene rings is 2. The Morgan fingerprint density at radius 3 is 2.48 bits per heavy atom. The van der Waals surface area contributed by atoms with Crippen LogP contribution in [0.2, 0.25) is 0 Å². The summed E-state index contributed by atoms with van der Waals surface area (Å²) >= 11 is 0. The molecule has 8 heteroatoms. The first-order valence-corrected chi connectivity index (χ1v) is 9.00. The van der Waals surface area contributed by atoms with Crippen molar-refractivity contribution in [3.8, 4) is 11.4 Å². The molecule has 150 valence electrons. The normalized spacial score (nSPS) is 13.3. The fourth-order valence-corrected chi connectivity index (χ4v) is 3.02. The average molecular weight is 401 g/mol. The molecular formula is C21H18F3N3O2. The van der Waals surface area contributed by atoms with Gasteiger partial charge in [0.15, 0.2) is 0 Å². The van der Waals surface area contributed by atoms with E-state index in [1.807, 2.05) is 49.2 Å². The molecular weight excluding hydrogens is 383 g/mol. The lowest BCUT2D eigenvalue weighted by molar-refractivity contribution is -0.137. The van der Waals surface area contributed by atoms with Gasteiger partial charge in [-0.2, -0.15) is 18.2 Å². The summed E-state index contributed by atoms with van der Waals surface area (Å²) in [6.07, 6.45) is -4.38. The Bertz CT molecular complexity index is 1080. The van der Waals surface area contributed by atoms with E-state index in [9.17, 15) is 13.2 Å². The zero-order valence-electron chi connectivity index (χ0n) is 15.8. The molecule has 0 radical (unpaired) electrons. The molecule has 4 aromatic rings. The molecule has 1 atom stereocenters. The number of furan rings is 1. The molecule has 0 amide bonds. The van der Waals surface area contributed by atoms with Crippen LogP contribution in [0.1, 0.15) is 30.2 Å². The van der Waals surface area contributed by atoms with Crippen molar-refractivity contribution in [2.45, 2.75) is 25.7 Å². The first-order valence-electron chi connectivity index (χ1n) is 9.00. The Kier molecular flexibility index (Phi) is 4.87. The van der Waals surface area contributed by atoms with E-state index in [1.165, 1.54) is 12.1 Å². The SMILES string of the molecule is C[C@H](c1cc2ccccc2o1)N(C)Cc1nc(-c2ccc(C(F)(F)F)cc2)no1. The first kappa shape index (κ1) is 19.2. The van der Waals surface area contributed by atoms with Crippen LogP contribution in [-0.2, 0) is 12.7 Å². The van der Waals surface area contributed by atoms with Crippen molar-refractivity contribution >= 4 is 11.0 Å². The Hall–Kier alpha value is -3.13. The van der Waals surface area contributed by atoms with Gasteiger partial charge >= 0.3 is 6.18 Å². The van der Waals surface area contributed by atoms with E-state index in [0.717, 1.165) is 28.9 Å². The fraction of sp³-hybridized carbons (Fsp3) is 0.238. The summed E-state index contributed by atoms with van der Waals surface area (Å²) in [5.41, 5.74) is 0.565. The molecule has 5 nitrogen and oxygen atoms in total. The van der Waals surface area contributed by atoms with Crippen LogP contribution < -0.4 is 0 Å². The van der Waals surface area contributed by atoms with E-state index in [4.69, 9.17) is 8.94 Å². The molecule has 29 heavy (non-hydrogen) atoms. The maximum absolute atomic E-state index is 12.7. The molecule has 0 fully saturated rings. The number of para-hydroxylation sites is 1. The quantitative estimate of drug-likeness (QED) is 0.430. The van der Waals surface area contributed by atoms with Crippen LogP contribution in [0.5, 0.6) is 0 Å². The van der Waals surface area contributed by atoms with Gasteiger partial charge in [0.25, 0.3) is 0 Å². The van der Waals surface area contributed by atoms with Crippen LogP contribution in [0.25, 0.3) is 22.4 Å². The smallest absolute Gasteiger partial charge is 0.416 e. The third-order valence-electron chi connectivity index (χ3n) is 4.84. The van der Waals surface area contributed by atoms with Crippen molar-refractivity contribution in [1.29, 1.82) is 0 Å². The molecule has 0 bridgehead atoms. The second-order valence-electron chi connectivity index (χ2n) is 6.86. The van der Waals surface area contributed by atoms with Gasteiger partial charge in [-0.15, -0.1) is 0 Å². The van der Waals surface area contributed by atoms with E-state index in [1.54, 1.807) is 0 Å². The Morgan fingerprint density at radius 2 is 1.79 bits per heavy atom. The van der Waals surface area contributed by atoms with E-state index in [2.05, 4.69) is 10.1 Å². The minimum Gasteiger partial charge on any atom is -0.459 e. The Labute approximate surface area is 164 Å². The zero-order valence-corrected chi connectivity index (χ0v) is 15.8.